The normalized spacial score (nSPS) is 30.5. The lowest BCUT2D eigenvalue weighted by molar-refractivity contribution is -0.359. The number of nitrogens with one attached hydrogen (secondary N) is 5. The second-order valence-electron chi connectivity index (χ2n) is 25.6. The highest BCUT2D eigenvalue weighted by molar-refractivity contribution is 5.98. The molecule has 0 bridgehead atoms. The number of hydrogen-bond acceptors (Lipinski definition) is 28. The molecule has 18 N–H and O–H groups in total. The highest BCUT2D eigenvalue weighted by Gasteiger charge is 2.52. The molecule has 25 atom stereocenters. The number of ether oxygens (including phenoxy) is 6. The largest absolute Gasteiger partial charge is 0.481 e. The number of carbonyl (C=O) groups excluding carboxylic acids is 9. The molecule has 4 saturated heterocycles. The third-order valence-electron chi connectivity index (χ3n) is 18.0. The first-order chi connectivity index (χ1) is 45.2. The SMILES string of the molecule is CCC(=O)[C@@H](NC(=O)[C@H](CC(=O)O)CC(=O)[C@@H]1CCCN1C(=O)[C@H](C)NC(=O)[C@H](CO)CC(=O)[C@@H](NC(=O)[C@@H](CC(=O)CNC(=O)[C@@H](N)Cc1cnc[nH]1)C(C)C)C(C)O)C(C)O[C@H]1OC(CO[C@@H]2OC(CO)[C@@H](O)[C@H](O)C2C)[C@H](O)[C@H](O[C@@H]2OC(CO)[C@H](O)[C@H](O)C2O)C1C. The molecule has 1 aromatic heterocycles. The number of aromatic amines is 1. The Kier molecular flexibility index (Phi) is 31.3. The number of nitrogens with two attached hydrogens (primary N) is 1. The average Bonchev–Trinajstić information content (AvgIpc) is 1.04. The number of aromatic nitrogens is 2. The molecule has 35 nitrogen and oxygen atoms in total. The Morgan fingerprint density at radius 1 is 0.708 bits per heavy atom. The summed E-state index contributed by atoms with van der Waals surface area (Å²) in [5, 5.41) is 125. The maximum absolute atomic E-state index is 14.3. The standard InChI is InChI=1S/C61H98N8O27/c1-9-38(75)46(30(8)92-60-27(5)53(96-61-52(85)51(84)49(82)42(22-72)94-61)50(83)43(95-60)23-91-59-26(4)47(80)48(81)41(21-71)93-59)68-54(86)31(15-44(78)79)13-39(76)37-11-10-12-69(37)58(90)28(6)66-55(87)32(20-70)14-40(77)45(29(7)73)67-56(88)35(25(2)3)17-34(74)19-64-57(89)36(62)16-33-18-63-24-65-33/h18,24-32,35-37,41-43,45-53,59-61,70-73,80-85H,9-17,19-23,62H2,1-8H3,(H,63,65)(H,64,89)(H,66,87)(H,67,88)(H,68,86)(H,78,79)/t26?,27?,28-,29?,30?,31-,32-,35-,36-,37-,41?,42?,43?,45-,46-,47+,48+,49-,50-,51-,52?,53+,59+,60-,61-/m0/s1. The Morgan fingerprint density at radius 2 is 1.32 bits per heavy atom. The predicted octanol–water partition coefficient (Wildman–Crippen LogP) is -6.53. The number of carboxylic acid groups (broad SMARTS) is 1. The summed E-state index contributed by atoms with van der Waals surface area (Å²) >= 11 is 0. The van der Waals surface area contributed by atoms with Crippen LogP contribution in [0.3, 0.4) is 0 Å². The van der Waals surface area contributed by atoms with Gasteiger partial charge >= 0.3 is 5.97 Å². The summed E-state index contributed by atoms with van der Waals surface area (Å²) in [6.07, 6.45) is -23.4. The molecule has 0 radical (unpaired) electrons. The molecule has 8 unspecified atom stereocenters. The zero-order chi connectivity index (χ0) is 71.7. The number of aliphatic hydroxyl groups excluding tert-OH is 10. The first kappa shape index (κ1) is 80.7. The first-order valence-corrected chi connectivity index (χ1v) is 32.2. The van der Waals surface area contributed by atoms with Crippen LogP contribution in [0.2, 0.25) is 0 Å². The highest BCUT2D eigenvalue weighted by Crippen LogP contribution is 2.36. The van der Waals surface area contributed by atoms with Gasteiger partial charge in [-0.25, -0.2) is 4.98 Å². The Bertz CT molecular complexity index is 2760. The van der Waals surface area contributed by atoms with E-state index in [1.54, 1.807) is 13.8 Å². The Morgan fingerprint density at radius 3 is 1.91 bits per heavy atom. The fraction of sp³-hybridized carbons (Fsp3) is 0.787. The minimum absolute atomic E-state index is 0.0334. The van der Waals surface area contributed by atoms with Crippen molar-refractivity contribution in [3.63, 3.8) is 0 Å². The number of aliphatic carboxylic acids is 1. The van der Waals surface area contributed by atoms with Crippen molar-refractivity contribution in [3.8, 4) is 0 Å². The highest BCUT2D eigenvalue weighted by atomic mass is 16.7. The number of hydrogen-bond donors (Lipinski definition) is 17. The van der Waals surface area contributed by atoms with Crippen LogP contribution in [0.4, 0.5) is 0 Å². The van der Waals surface area contributed by atoms with Crippen molar-refractivity contribution in [1.82, 2.24) is 36.1 Å². The molecule has 544 valence electrons. The van der Waals surface area contributed by atoms with Crippen LogP contribution < -0.4 is 27.0 Å². The van der Waals surface area contributed by atoms with Gasteiger partial charge < -0.3 is 121 Å². The third-order valence-corrected chi connectivity index (χ3v) is 18.0. The molecule has 4 fully saturated rings. The summed E-state index contributed by atoms with van der Waals surface area (Å²) < 4.78 is 35.7. The van der Waals surface area contributed by atoms with Crippen LogP contribution in [0.5, 0.6) is 0 Å². The van der Waals surface area contributed by atoms with Crippen molar-refractivity contribution in [2.75, 3.05) is 39.5 Å². The molecule has 5 amide bonds. The van der Waals surface area contributed by atoms with E-state index in [2.05, 4.69) is 31.2 Å². The van der Waals surface area contributed by atoms with Crippen LogP contribution >= 0.6 is 0 Å². The number of carbonyl (C=O) groups is 10. The van der Waals surface area contributed by atoms with Crippen LogP contribution in [0.1, 0.15) is 106 Å². The van der Waals surface area contributed by atoms with Gasteiger partial charge in [0.1, 0.15) is 67.0 Å². The van der Waals surface area contributed by atoms with Gasteiger partial charge in [0.2, 0.25) is 29.5 Å². The van der Waals surface area contributed by atoms with E-state index in [9.17, 15) is 104 Å². The summed E-state index contributed by atoms with van der Waals surface area (Å²) in [7, 11) is 0. The number of carboxylic acids is 1. The molecular weight excluding hydrogens is 1280 g/mol. The lowest BCUT2D eigenvalue weighted by Gasteiger charge is -2.48. The predicted molar refractivity (Wildman–Crippen MR) is 326 cm³/mol. The van der Waals surface area contributed by atoms with Crippen LogP contribution in [-0.2, 0) is 82.8 Å². The van der Waals surface area contributed by atoms with E-state index in [1.165, 1.54) is 54.1 Å². The number of H-pyrrole nitrogens is 1. The van der Waals surface area contributed by atoms with Crippen LogP contribution in [-0.4, -0.2) is 292 Å². The van der Waals surface area contributed by atoms with Crippen molar-refractivity contribution < 1.29 is 133 Å². The summed E-state index contributed by atoms with van der Waals surface area (Å²) in [5.74, 6) is -15.5. The van der Waals surface area contributed by atoms with Crippen molar-refractivity contribution in [2.24, 2.45) is 41.2 Å². The van der Waals surface area contributed by atoms with Crippen LogP contribution in [0.25, 0.3) is 0 Å². The fourth-order valence-corrected chi connectivity index (χ4v) is 11.9. The number of ketones is 4. The second kappa shape index (κ2) is 37.3. The van der Waals surface area contributed by atoms with Crippen molar-refractivity contribution in [1.29, 1.82) is 0 Å². The van der Waals surface area contributed by atoms with E-state index in [0.717, 1.165) is 4.90 Å². The zero-order valence-electron chi connectivity index (χ0n) is 55.0. The molecule has 5 heterocycles. The molecule has 0 aliphatic carbocycles. The number of likely N-dealkylation sites (tertiary alicyclic amines) is 1. The summed E-state index contributed by atoms with van der Waals surface area (Å²) in [5.41, 5.74) is 6.53. The van der Waals surface area contributed by atoms with Crippen molar-refractivity contribution in [3.05, 3.63) is 18.2 Å². The lowest BCUT2D eigenvalue weighted by atomic mass is 9.88. The Hall–Kier alpha value is -5.97. The van der Waals surface area contributed by atoms with E-state index >= 15 is 0 Å². The quantitative estimate of drug-likeness (QED) is 0.0295. The maximum atomic E-state index is 14.3. The van der Waals surface area contributed by atoms with Crippen LogP contribution in [0.15, 0.2) is 12.5 Å². The lowest BCUT2D eigenvalue weighted by Crippen LogP contribution is -2.63. The van der Waals surface area contributed by atoms with Crippen molar-refractivity contribution >= 4 is 58.6 Å². The number of nitrogens with zero attached hydrogens (tertiary/aromatic N) is 2. The molecule has 5 rings (SSSR count). The molecule has 0 spiro atoms. The van der Waals surface area contributed by atoms with E-state index in [4.69, 9.17) is 34.2 Å². The Labute approximate surface area is 553 Å². The van der Waals surface area contributed by atoms with Crippen LogP contribution in [0, 0.1) is 35.5 Å². The first-order valence-electron chi connectivity index (χ1n) is 32.2. The fourth-order valence-electron chi connectivity index (χ4n) is 11.9. The van der Waals surface area contributed by atoms with Gasteiger partial charge in [0, 0.05) is 68.3 Å². The molecule has 96 heavy (non-hydrogen) atoms. The number of imidazole rings is 1. The molecule has 1 aromatic rings. The Balaban J connectivity index is 1.23. The molecular formula is C61H98N8O27. The van der Waals surface area contributed by atoms with E-state index in [1.807, 2.05) is 0 Å². The summed E-state index contributed by atoms with van der Waals surface area (Å²) in [4.78, 5) is 143. The van der Waals surface area contributed by atoms with E-state index in [0.29, 0.717) is 5.69 Å². The monoisotopic (exact) mass is 1370 g/mol. The second-order valence-corrected chi connectivity index (χ2v) is 25.6. The van der Waals surface area contributed by atoms with Gasteiger partial charge in [-0.3, -0.25) is 47.9 Å². The van der Waals surface area contributed by atoms with E-state index < -0.39 is 269 Å². The van der Waals surface area contributed by atoms with Gasteiger partial charge in [-0.2, -0.15) is 0 Å². The van der Waals surface area contributed by atoms with E-state index in [-0.39, 0.29) is 38.6 Å². The summed E-state index contributed by atoms with van der Waals surface area (Å²) in [6, 6.07) is -6.92. The third kappa shape index (κ3) is 21.3. The zero-order valence-corrected chi connectivity index (χ0v) is 55.0. The minimum atomic E-state index is -1.95. The molecule has 0 saturated carbocycles. The number of aliphatic hydroxyl groups is 10. The van der Waals surface area contributed by atoms with Gasteiger partial charge in [0.15, 0.2) is 42.0 Å². The maximum Gasteiger partial charge on any atom is 0.304 e. The van der Waals surface area contributed by atoms with Crippen molar-refractivity contribution in [2.45, 2.75) is 229 Å². The molecule has 4 aliphatic rings. The number of Topliss-reactive ketones (excluding diaryl/α,β-unsaturated/α-hetero) is 4. The number of rotatable bonds is 37. The number of amides is 5. The smallest absolute Gasteiger partial charge is 0.304 e. The van der Waals surface area contributed by atoms with Gasteiger partial charge in [0.25, 0.3) is 0 Å². The van der Waals surface area contributed by atoms with Gasteiger partial charge in [-0.05, 0) is 39.5 Å². The topological polar surface area (TPSA) is 555 Å². The summed E-state index contributed by atoms with van der Waals surface area (Å²) in [6.45, 7) is 7.87. The minimum Gasteiger partial charge on any atom is -0.481 e. The molecule has 35 heteroatoms. The molecule has 4 aliphatic heterocycles. The average molecular weight is 1380 g/mol. The van der Waals surface area contributed by atoms with Gasteiger partial charge in [-0.1, -0.05) is 34.6 Å². The molecule has 0 aromatic carbocycles. The van der Waals surface area contributed by atoms with Gasteiger partial charge in [-0.15, -0.1) is 0 Å². The van der Waals surface area contributed by atoms with Gasteiger partial charge in [0.05, 0.1) is 94.1 Å².